The number of nitrogens with one attached hydrogen (secondary N) is 1. The lowest BCUT2D eigenvalue weighted by Crippen LogP contribution is -2.46. The molecule has 1 aliphatic heterocycles. The van der Waals surface area contributed by atoms with Crippen molar-refractivity contribution in [2.24, 2.45) is 0 Å². The van der Waals surface area contributed by atoms with E-state index >= 15 is 0 Å². The van der Waals surface area contributed by atoms with Gasteiger partial charge in [-0.1, -0.05) is 46.3 Å². The molecule has 2 aromatic carbocycles. The van der Waals surface area contributed by atoms with Gasteiger partial charge in [0.15, 0.2) is 0 Å². The number of carbonyl (C=O) groups is 2. The Morgan fingerprint density at radius 2 is 1.90 bits per heavy atom. The van der Waals surface area contributed by atoms with Gasteiger partial charge in [0.05, 0.1) is 5.69 Å². The predicted octanol–water partition coefficient (Wildman–Crippen LogP) is 4.54. The zero-order valence-corrected chi connectivity index (χ0v) is 18.8. The molecule has 30 heavy (non-hydrogen) atoms. The molecule has 1 atom stereocenters. The Bertz CT molecular complexity index is 1020. The van der Waals surface area contributed by atoms with Crippen LogP contribution >= 0.6 is 27.3 Å². The Morgan fingerprint density at radius 3 is 2.67 bits per heavy atom. The molecule has 4 rings (SSSR count). The zero-order chi connectivity index (χ0) is 20.9. The first-order valence-electron chi connectivity index (χ1n) is 9.96. The first kappa shape index (κ1) is 20.8. The number of rotatable bonds is 6. The topological polar surface area (TPSA) is 62.3 Å². The number of benzene rings is 2. The van der Waals surface area contributed by atoms with E-state index in [1.165, 1.54) is 0 Å². The van der Waals surface area contributed by atoms with E-state index in [1.54, 1.807) is 28.4 Å². The summed E-state index contributed by atoms with van der Waals surface area (Å²) in [7, 11) is 0. The highest BCUT2D eigenvalue weighted by Crippen LogP contribution is 2.24. The summed E-state index contributed by atoms with van der Waals surface area (Å²) in [6, 6.07) is 16.9. The molecule has 1 saturated heterocycles. The molecule has 0 spiro atoms. The minimum Gasteiger partial charge on any atom is -0.354 e. The Labute approximate surface area is 188 Å². The fourth-order valence-corrected chi connectivity index (χ4v) is 4.73. The van der Waals surface area contributed by atoms with E-state index in [0.717, 1.165) is 27.2 Å². The normalized spacial score (nSPS) is 15.9. The second-order valence-corrected chi connectivity index (χ2v) is 8.99. The molecule has 2 heterocycles. The first-order valence-corrected chi connectivity index (χ1v) is 11.6. The van der Waals surface area contributed by atoms with Gasteiger partial charge >= 0.3 is 0 Å². The molecule has 1 aliphatic rings. The number of nitrogens with zero attached hydrogens (tertiary/aromatic N) is 2. The highest BCUT2D eigenvalue weighted by molar-refractivity contribution is 9.10. The third-order valence-corrected chi connectivity index (χ3v) is 6.63. The average Bonchev–Trinajstić information content (AvgIpc) is 3.44. The molecule has 5 nitrogen and oxygen atoms in total. The van der Waals surface area contributed by atoms with Crippen molar-refractivity contribution in [2.45, 2.75) is 25.3 Å². The van der Waals surface area contributed by atoms with Crippen LogP contribution < -0.4 is 5.32 Å². The molecule has 0 radical (unpaired) electrons. The number of hydrogen-bond acceptors (Lipinski definition) is 4. The summed E-state index contributed by atoms with van der Waals surface area (Å²) >= 11 is 4.99. The van der Waals surface area contributed by atoms with Crippen molar-refractivity contribution >= 4 is 39.1 Å². The Balaban J connectivity index is 1.32. The molecule has 154 valence electrons. The van der Waals surface area contributed by atoms with Gasteiger partial charge in [0.2, 0.25) is 5.91 Å². The van der Waals surface area contributed by atoms with Gasteiger partial charge in [-0.25, -0.2) is 4.98 Å². The van der Waals surface area contributed by atoms with Gasteiger partial charge in [-0.3, -0.25) is 9.59 Å². The van der Waals surface area contributed by atoms with Crippen molar-refractivity contribution in [2.75, 3.05) is 13.1 Å². The van der Waals surface area contributed by atoms with Crippen molar-refractivity contribution in [3.05, 3.63) is 75.7 Å². The van der Waals surface area contributed by atoms with Crippen molar-refractivity contribution in [3.8, 4) is 10.6 Å². The Morgan fingerprint density at radius 1 is 1.13 bits per heavy atom. The molecule has 1 aromatic heterocycles. The van der Waals surface area contributed by atoms with Crippen LogP contribution in [0.25, 0.3) is 10.6 Å². The third-order valence-electron chi connectivity index (χ3n) is 5.16. The fraction of sp³-hybridized carbons (Fsp3) is 0.261. The maximum Gasteiger partial charge on any atom is 0.254 e. The summed E-state index contributed by atoms with van der Waals surface area (Å²) in [6.07, 6.45) is 2.21. The average molecular weight is 484 g/mol. The number of amides is 2. The van der Waals surface area contributed by atoms with Crippen LogP contribution in [0, 0.1) is 0 Å². The molecular weight excluding hydrogens is 462 g/mol. The standard InChI is InChI=1S/C23H22BrN3O2S/c24-18-10-8-17(9-11-18)23(29)27-14-4-7-20(27)21(28)25-13-12-19-15-30-22(26-19)16-5-2-1-3-6-16/h1-3,5-6,8-11,15,20H,4,7,12-14H2,(H,25,28). The summed E-state index contributed by atoms with van der Waals surface area (Å²) in [5.41, 5.74) is 2.67. The van der Waals surface area contributed by atoms with Gasteiger partial charge in [0.1, 0.15) is 11.0 Å². The van der Waals surface area contributed by atoms with E-state index in [9.17, 15) is 9.59 Å². The van der Waals surface area contributed by atoms with Gasteiger partial charge in [-0.15, -0.1) is 11.3 Å². The summed E-state index contributed by atoms with van der Waals surface area (Å²) < 4.78 is 0.923. The fourth-order valence-electron chi connectivity index (χ4n) is 3.61. The summed E-state index contributed by atoms with van der Waals surface area (Å²) in [6.45, 7) is 1.12. The van der Waals surface area contributed by atoms with Crippen LogP contribution in [0.2, 0.25) is 0 Å². The zero-order valence-electron chi connectivity index (χ0n) is 16.4. The molecule has 0 aliphatic carbocycles. The molecular formula is C23H22BrN3O2S. The minimum absolute atomic E-state index is 0.0866. The van der Waals surface area contributed by atoms with Crippen molar-refractivity contribution in [1.29, 1.82) is 0 Å². The van der Waals surface area contributed by atoms with Gasteiger partial charge in [-0.2, -0.15) is 0 Å². The Hall–Kier alpha value is -2.51. The van der Waals surface area contributed by atoms with Crippen LogP contribution in [0.15, 0.2) is 64.5 Å². The molecule has 2 amide bonds. The first-order chi connectivity index (χ1) is 14.6. The highest BCUT2D eigenvalue weighted by atomic mass is 79.9. The number of halogens is 1. The van der Waals surface area contributed by atoms with E-state index in [0.29, 0.717) is 31.5 Å². The molecule has 3 aromatic rings. The molecule has 7 heteroatoms. The largest absolute Gasteiger partial charge is 0.354 e. The number of aromatic nitrogens is 1. The number of thiazole rings is 1. The lowest BCUT2D eigenvalue weighted by molar-refractivity contribution is -0.124. The van der Waals surface area contributed by atoms with E-state index in [4.69, 9.17) is 0 Å². The number of carbonyl (C=O) groups excluding carboxylic acids is 2. The lowest BCUT2D eigenvalue weighted by atomic mass is 10.1. The number of hydrogen-bond donors (Lipinski definition) is 1. The van der Waals surface area contributed by atoms with Crippen molar-refractivity contribution in [3.63, 3.8) is 0 Å². The maximum atomic E-state index is 12.8. The van der Waals surface area contributed by atoms with E-state index in [1.807, 2.05) is 47.8 Å². The van der Waals surface area contributed by atoms with E-state index in [-0.39, 0.29) is 11.8 Å². The predicted molar refractivity (Wildman–Crippen MR) is 122 cm³/mol. The monoisotopic (exact) mass is 483 g/mol. The smallest absolute Gasteiger partial charge is 0.254 e. The third kappa shape index (κ3) is 4.79. The van der Waals surface area contributed by atoms with Crippen LogP contribution in [0.4, 0.5) is 0 Å². The SMILES string of the molecule is O=C(NCCc1csc(-c2ccccc2)n1)C1CCCN1C(=O)c1ccc(Br)cc1. The summed E-state index contributed by atoms with van der Waals surface area (Å²) in [5.74, 6) is -0.177. The summed E-state index contributed by atoms with van der Waals surface area (Å²) in [5, 5.41) is 6.01. The molecule has 0 saturated carbocycles. The highest BCUT2D eigenvalue weighted by Gasteiger charge is 2.34. The second kappa shape index (κ2) is 9.53. The second-order valence-electron chi connectivity index (χ2n) is 7.21. The lowest BCUT2D eigenvalue weighted by Gasteiger charge is -2.24. The summed E-state index contributed by atoms with van der Waals surface area (Å²) in [4.78, 5) is 31.9. The van der Waals surface area contributed by atoms with Gasteiger partial charge < -0.3 is 10.2 Å². The van der Waals surface area contributed by atoms with Crippen molar-refractivity contribution < 1.29 is 9.59 Å². The Kier molecular flexibility index (Phi) is 6.59. The van der Waals surface area contributed by atoms with Crippen LogP contribution in [0.3, 0.4) is 0 Å². The molecule has 1 N–H and O–H groups in total. The van der Waals surface area contributed by atoms with E-state index < -0.39 is 6.04 Å². The molecule has 0 bridgehead atoms. The van der Waals surface area contributed by atoms with E-state index in [2.05, 4.69) is 26.2 Å². The van der Waals surface area contributed by atoms with Crippen LogP contribution in [0.1, 0.15) is 28.9 Å². The van der Waals surface area contributed by atoms with Crippen molar-refractivity contribution in [1.82, 2.24) is 15.2 Å². The van der Waals surface area contributed by atoms with Crippen LogP contribution in [-0.2, 0) is 11.2 Å². The molecule has 1 fully saturated rings. The van der Waals surface area contributed by atoms with Gasteiger partial charge in [0, 0.05) is 40.5 Å². The minimum atomic E-state index is -0.406. The van der Waals surface area contributed by atoms with Gasteiger partial charge in [-0.05, 0) is 37.1 Å². The van der Waals surface area contributed by atoms with Gasteiger partial charge in [0.25, 0.3) is 5.91 Å². The molecule has 1 unspecified atom stereocenters. The van der Waals surface area contributed by atoms with Crippen LogP contribution in [0.5, 0.6) is 0 Å². The van der Waals surface area contributed by atoms with Crippen LogP contribution in [-0.4, -0.2) is 40.8 Å². The quantitative estimate of drug-likeness (QED) is 0.559. The number of likely N-dealkylation sites (tertiary alicyclic amines) is 1. The maximum absolute atomic E-state index is 12.8.